The summed E-state index contributed by atoms with van der Waals surface area (Å²) in [5.74, 6) is -0.240. The van der Waals surface area contributed by atoms with Crippen LogP contribution in [0.5, 0.6) is 0 Å². The lowest BCUT2D eigenvalue weighted by Gasteiger charge is -2.14. The molecule has 1 rings (SSSR count). The number of aryl methyl sites for hydroxylation is 1. The number of hydrogen-bond donors (Lipinski definition) is 2. The number of nitrogens with one attached hydrogen (secondary N) is 1. The Morgan fingerprint density at radius 3 is 2.88 bits per heavy atom. The van der Waals surface area contributed by atoms with Gasteiger partial charge in [-0.2, -0.15) is 0 Å². The van der Waals surface area contributed by atoms with E-state index in [-0.39, 0.29) is 12.5 Å². The molecule has 0 fully saturated rings. The lowest BCUT2D eigenvalue weighted by atomic mass is 10.2. The predicted octanol–water partition coefficient (Wildman–Crippen LogP) is 1.67. The second-order valence-electron chi connectivity index (χ2n) is 3.43. The summed E-state index contributed by atoms with van der Waals surface area (Å²) in [6.45, 7) is 2.12. The van der Waals surface area contributed by atoms with Gasteiger partial charge in [-0.3, -0.25) is 4.79 Å². The van der Waals surface area contributed by atoms with E-state index in [9.17, 15) is 4.79 Å². The quantitative estimate of drug-likeness (QED) is 0.885. The molecule has 5 heteroatoms. The summed E-state index contributed by atoms with van der Waals surface area (Å²) in [6.07, 6.45) is -0.618. The Hall–Kier alpha value is -0.910. The van der Waals surface area contributed by atoms with Crippen molar-refractivity contribution in [2.45, 2.75) is 13.0 Å². The second-order valence-corrected chi connectivity index (χ2v) is 4.29. The highest BCUT2D eigenvalue weighted by molar-refractivity contribution is 9.10. The molecule has 4 nitrogen and oxygen atoms in total. The molecule has 0 heterocycles. The number of hydrogen-bond acceptors (Lipinski definition) is 3. The molecule has 1 unspecified atom stereocenters. The van der Waals surface area contributed by atoms with Crippen molar-refractivity contribution in [1.29, 1.82) is 0 Å². The summed E-state index contributed by atoms with van der Waals surface area (Å²) < 4.78 is 5.78. The summed E-state index contributed by atoms with van der Waals surface area (Å²) in [4.78, 5) is 11.7. The van der Waals surface area contributed by atoms with Gasteiger partial charge in [0.1, 0.15) is 6.10 Å². The van der Waals surface area contributed by atoms with Crippen LogP contribution < -0.4 is 11.1 Å². The van der Waals surface area contributed by atoms with E-state index in [4.69, 9.17) is 10.5 Å². The molecule has 0 saturated carbocycles. The molecule has 0 aliphatic carbocycles. The lowest BCUT2D eigenvalue weighted by Crippen LogP contribution is -2.36. The van der Waals surface area contributed by atoms with Crippen molar-refractivity contribution in [3.63, 3.8) is 0 Å². The highest BCUT2D eigenvalue weighted by atomic mass is 79.9. The fourth-order valence-corrected chi connectivity index (χ4v) is 1.60. The van der Waals surface area contributed by atoms with E-state index in [1.165, 1.54) is 7.11 Å². The largest absolute Gasteiger partial charge is 0.370 e. The summed E-state index contributed by atoms with van der Waals surface area (Å²) in [5, 5.41) is 2.76. The third kappa shape index (κ3) is 3.30. The number of carbonyl (C=O) groups excluding carboxylic acids is 1. The first-order valence-corrected chi connectivity index (χ1v) is 5.67. The molecular weight excluding hydrogens is 272 g/mol. The molecule has 0 aliphatic heterocycles. The SMILES string of the molecule is COC(CN)C(=O)Nc1cc(C)ccc1Br. The number of benzene rings is 1. The Morgan fingerprint density at radius 2 is 2.31 bits per heavy atom. The van der Waals surface area contributed by atoms with Gasteiger partial charge in [0.25, 0.3) is 5.91 Å². The van der Waals surface area contributed by atoms with Crippen molar-refractivity contribution in [3.8, 4) is 0 Å². The number of carbonyl (C=O) groups is 1. The van der Waals surface area contributed by atoms with Crippen molar-refractivity contribution in [2.24, 2.45) is 5.73 Å². The molecule has 88 valence electrons. The average molecular weight is 287 g/mol. The Labute approximate surface area is 103 Å². The second kappa shape index (κ2) is 5.98. The first-order chi connectivity index (χ1) is 7.58. The fraction of sp³-hybridized carbons (Fsp3) is 0.364. The van der Waals surface area contributed by atoms with Gasteiger partial charge in [0.05, 0.1) is 5.69 Å². The van der Waals surface area contributed by atoms with Crippen LogP contribution in [0.1, 0.15) is 5.56 Å². The maximum atomic E-state index is 11.7. The van der Waals surface area contributed by atoms with Crippen LogP contribution >= 0.6 is 15.9 Å². The van der Waals surface area contributed by atoms with E-state index in [0.717, 1.165) is 15.7 Å². The van der Waals surface area contributed by atoms with Crippen LogP contribution in [0.4, 0.5) is 5.69 Å². The molecule has 1 aromatic carbocycles. The topological polar surface area (TPSA) is 64.3 Å². The number of ether oxygens (including phenoxy) is 1. The third-order valence-corrected chi connectivity index (χ3v) is 2.86. The predicted molar refractivity (Wildman–Crippen MR) is 67.4 cm³/mol. The van der Waals surface area contributed by atoms with E-state index in [2.05, 4.69) is 21.2 Å². The summed E-state index contributed by atoms with van der Waals surface area (Å²) in [6, 6.07) is 5.72. The maximum absolute atomic E-state index is 11.7. The van der Waals surface area contributed by atoms with Crippen molar-refractivity contribution in [3.05, 3.63) is 28.2 Å². The Kier molecular flexibility index (Phi) is 4.92. The monoisotopic (exact) mass is 286 g/mol. The van der Waals surface area contributed by atoms with Crippen molar-refractivity contribution in [2.75, 3.05) is 19.0 Å². The highest BCUT2D eigenvalue weighted by Gasteiger charge is 2.16. The number of rotatable bonds is 4. The molecule has 16 heavy (non-hydrogen) atoms. The molecule has 1 atom stereocenters. The Bertz CT molecular complexity index is 378. The molecule has 0 saturated heterocycles. The number of methoxy groups -OCH3 is 1. The number of anilines is 1. The minimum Gasteiger partial charge on any atom is -0.370 e. The van der Waals surface area contributed by atoms with E-state index in [1.54, 1.807) is 0 Å². The minimum atomic E-state index is -0.618. The third-order valence-electron chi connectivity index (χ3n) is 2.17. The van der Waals surface area contributed by atoms with Gasteiger partial charge in [0.2, 0.25) is 0 Å². The molecule has 1 amide bonds. The van der Waals surface area contributed by atoms with Gasteiger partial charge in [-0.05, 0) is 40.5 Å². The van der Waals surface area contributed by atoms with Gasteiger partial charge < -0.3 is 15.8 Å². The molecule has 0 spiro atoms. The molecule has 1 aromatic rings. The van der Waals surface area contributed by atoms with Gasteiger partial charge >= 0.3 is 0 Å². The summed E-state index contributed by atoms with van der Waals surface area (Å²) in [5.41, 5.74) is 7.20. The Balaban J connectivity index is 2.80. The van der Waals surface area contributed by atoms with Crippen LogP contribution in [0.25, 0.3) is 0 Å². The van der Waals surface area contributed by atoms with Crippen LogP contribution in [0.2, 0.25) is 0 Å². The van der Waals surface area contributed by atoms with Crippen LogP contribution in [0.3, 0.4) is 0 Å². The summed E-state index contributed by atoms with van der Waals surface area (Å²) in [7, 11) is 1.46. The standard InChI is InChI=1S/C11H15BrN2O2/c1-7-3-4-8(12)9(5-7)14-11(15)10(6-13)16-2/h3-5,10H,6,13H2,1-2H3,(H,14,15). The van der Waals surface area contributed by atoms with Gasteiger partial charge in [-0.15, -0.1) is 0 Å². The van der Waals surface area contributed by atoms with E-state index in [0.29, 0.717) is 0 Å². The van der Waals surface area contributed by atoms with Gasteiger partial charge in [0, 0.05) is 18.1 Å². The molecular formula is C11H15BrN2O2. The van der Waals surface area contributed by atoms with E-state index >= 15 is 0 Å². The van der Waals surface area contributed by atoms with Crippen LogP contribution in [-0.4, -0.2) is 25.7 Å². The van der Waals surface area contributed by atoms with E-state index in [1.807, 2.05) is 25.1 Å². The first-order valence-electron chi connectivity index (χ1n) is 4.88. The lowest BCUT2D eigenvalue weighted by molar-refractivity contribution is -0.125. The zero-order valence-corrected chi connectivity index (χ0v) is 10.9. The number of halogens is 1. The molecule has 0 bridgehead atoms. The van der Waals surface area contributed by atoms with E-state index < -0.39 is 6.10 Å². The molecule has 0 aromatic heterocycles. The Morgan fingerprint density at radius 1 is 1.62 bits per heavy atom. The van der Waals surface area contributed by atoms with Crippen LogP contribution in [-0.2, 0) is 9.53 Å². The zero-order chi connectivity index (χ0) is 12.1. The van der Waals surface area contributed by atoms with Crippen LogP contribution in [0.15, 0.2) is 22.7 Å². The highest BCUT2D eigenvalue weighted by Crippen LogP contribution is 2.23. The molecule has 0 aliphatic rings. The normalized spacial score (nSPS) is 12.2. The zero-order valence-electron chi connectivity index (χ0n) is 9.29. The van der Waals surface area contributed by atoms with Gasteiger partial charge in [-0.25, -0.2) is 0 Å². The average Bonchev–Trinajstić information content (AvgIpc) is 2.25. The molecule has 0 radical (unpaired) electrons. The first kappa shape index (κ1) is 13.2. The van der Waals surface area contributed by atoms with Crippen molar-refractivity contribution in [1.82, 2.24) is 0 Å². The van der Waals surface area contributed by atoms with Crippen molar-refractivity contribution < 1.29 is 9.53 Å². The molecule has 3 N–H and O–H groups in total. The summed E-state index contributed by atoms with van der Waals surface area (Å²) >= 11 is 3.37. The van der Waals surface area contributed by atoms with Crippen molar-refractivity contribution >= 4 is 27.5 Å². The van der Waals surface area contributed by atoms with Gasteiger partial charge in [0.15, 0.2) is 0 Å². The number of amides is 1. The van der Waals surface area contributed by atoms with Gasteiger partial charge in [-0.1, -0.05) is 6.07 Å². The minimum absolute atomic E-state index is 0.159. The van der Waals surface area contributed by atoms with Crippen LogP contribution in [0, 0.1) is 6.92 Å². The smallest absolute Gasteiger partial charge is 0.254 e. The fourth-order valence-electron chi connectivity index (χ4n) is 1.26. The maximum Gasteiger partial charge on any atom is 0.254 e. The number of nitrogens with two attached hydrogens (primary N) is 1.